The number of benzene rings is 2. The van der Waals surface area contributed by atoms with E-state index < -0.39 is 0 Å². The summed E-state index contributed by atoms with van der Waals surface area (Å²) >= 11 is 1.21. The van der Waals surface area contributed by atoms with Gasteiger partial charge >= 0.3 is 5.97 Å². The number of hydrogen-bond acceptors (Lipinski definition) is 6. The molecular weight excluding hydrogens is 366 g/mol. The molecule has 0 aliphatic heterocycles. The van der Waals surface area contributed by atoms with E-state index in [1.807, 2.05) is 48.5 Å². The van der Waals surface area contributed by atoms with E-state index in [9.17, 15) is 9.59 Å². The first-order chi connectivity index (χ1) is 13.1. The molecular formula is C20H23NO5S. The summed E-state index contributed by atoms with van der Waals surface area (Å²) in [5, 5.41) is 3.02. The van der Waals surface area contributed by atoms with Gasteiger partial charge in [-0.2, -0.15) is 0 Å². The van der Waals surface area contributed by atoms with Crippen LogP contribution in [0.3, 0.4) is 0 Å². The molecule has 27 heavy (non-hydrogen) atoms. The molecule has 0 aliphatic carbocycles. The Morgan fingerprint density at radius 3 is 1.74 bits per heavy atom. The SMILES string of the molecule is COC(=O)CSCC(=O)NC(c1ccc(OC)cc1)c1ccc(OC)cc1. The highest BCUT2D eigenvalue weighted by Gasteiger charge is 2.17. The molecule has 0 saturated heterocycles. The van der Waals surface area contributed by atoms with Gasteiger partial charge in [0.05, 0.1) is 38.9 Å². The van der Waals surface area contributed by atoms with Crippen molar-refractivity contribution in [2.75, 3.05) is 32.8 Å². The van der Waals surface area contributed by atoms with E-state index >= 15 is 0 Å². The first kappa shape index (κ1) is 20.6. The highest BCUT2D eigenvalue weighted by Crippen LogP contribution is 2.26. The van der Waals surface area contributed by atoms with Gasteiger partial charge in [0.15, 0.2) is 0 Å². The van der Waals surface area contributed by atoms with E-state index in [1.165, 1.54) is 18.9 Å². The molecule has 144 valence electrons. The number of hydrogen-bond donors (Lipinski definition) is 1. The number of methoxy groups -OCH3 is 3. The molecule has 0 atom stereocenters. The fraction of sp³-hybridized carbons (Fsp3) is 0.300. The summed E-state index contributed by atoms with van der Waals surface area (Å²) in [6, 6.07) is 14.7. The van der Waals surface area contributed by atoms with E-state index in [-0.39, 0.29) is 29.4 Å². The van der Waals surface area contributed by atoms with Crippen molar-refractivity contribution < 1.29 is 23.8 Å². The van der Waals surface area contributed by atoms with Gasteiger partial charge in [-0.15, -0.1) is 11.8 Å². The van der Waals surface area contributed by atoms with Crippen LogP contribution in [0.5, 0.6) is 11.5 Å². The van der Waals surface area contributed by atoms with Crippen LogP contribution in [-0.2, 0) is 14.3 Å². The van der Waals surface area contributed by atoms with Gasteiger partial charge in [-0.25, -0.2) is 0 Å². The number of carbonyl (C=O) groups is 2. The van der Waals surface area contributed by atoms with Crippen LogP contribution in [0, 0.1) is 0 Å². The largest absolute Gasteiger partial charge is 0.497 e. The lowest BCUT2D eigenvalue weighted by molar-refractivity contribution is -0.137. The van der Waals surface area contributed by atoms with Gasteiger partial charge in [0.2, 0.25) is 5.91 Å². The van der Waals surface area contributed by atoms with Gasteiger partial charge in [-0.1, -0.05) is 24.3 Å². The summed E-state index contributed by atoms with van der Waals surface area (Å²) in [7, 11) is 4.54. The standard InChI is InChI=1S/C20H23NO5S/c1-24-16-8-4-14(5-9-16)20(15-6-10-17(25-2)11-7-15)21-18(22)12-27-13-19(23)26-3/h4-11,20H,12-13H2,1-3H3,(H,21,22). The number of carbonyl (C=O) groups excluding carboxylic acids is 2. The van der Waals surface area contributed by atoms with Crippen LogP contribution in [0.25, 0.3) is 0 Å². The molecule has 1 amide bonds. The fourth-order valence-electron chi connectivity index (χ4n) is 2.44. The van der Waals surface area contributed by atoms with Gasteiger partial charge in [0.25, 0.3) is 0 Å². The second-order valence-corrected chi connectivity index (χ2v) is 6.60. The van der Waals surface area contributed by atoms with Crippen molar-refractivity contribution in [3.05, 3.63) is 59.7 Å². The Bertz CT molecular complexity index is 698. The maximum absolute atomic E-state index is 12.4. The molecule has 0 saturated carbocycles. The molecule has 0 heterocycles. The van der Waals surface area contributed by atoms with E-state index in [4.69, 9.17) is 9.47 Å². The molecule has 1 N–H and O–H groups in total. The first-order valence-electron chi connectivity index (χ1n) is 8.29. The highest BCUT2D eigenvalue weighted by molar-refractivity contribution is 8.00. The zero-order valence-corrected chi connectivity index (χ0v) is 16.4. The molecule has 0 bridgehead atoms. The number of thioether (sulfide) groups is 1. The molecule has 0 aromatic heterocycles. The maximum Gasteiger partial charge on any atom is 0.315 e. The van der Waals surface area contributed by atoms with E-state index in [1.54, 1.807) is 14.2 Å². The molecule has 2 aromatic rings. The van der Waals surface area contributed by atoms with Crippen molar-refractivity contribution in [2.45, 2.75) is 6.04 Å². The molecule has 0 spiro atoms. The molecule has 0 unspecified atom stereocenters. The van der Waals surface area contributed by atoms with E-state index in [0.29, 0.717) is 0 Å². The Balaban J connectivity index is 2.15. The quantitative estimate of drug-likeness (QED) is 0.665. The van der Waals surface area contributed by atoms with Crippen LogP contribution in [0.1, 0.15) is 17.2 Å². The van der Waals surface area contributed by atoms with Crippen LogP contribution < -0.4 is 14.8 Å². The highest BCUT2D eigenvalue weighted by atomic mass is 32.2. The van der Waals surface area contributed by atoms with E-state index in [0.717, 1.165) is 22.6 Å². The third-order valence-electron chi connectivity index (χ3n) is 3.88. The smallest absolute Gasteiger partial charge is 0.315 e. The van der Waals surface area contributed by atoms with Crippen molar-refractivity contribution >= 4 is 23.6 Å². The molecule has 0 aliphatic rings. The zero-order chi connectivity index (χ0) is 19.6. The number of nitrogens with one attached hydrogen (secondary N) is 1. The Morgan fingerprint density at radius 2 is 1.33 bits per heavy atom. The number of esters is 1. The summed E-state index contributed by atoms with van der Waals surface area (Å²) in [6.45, 7) is 0. The second kappa shape index (κ2) is 10.5. The van der Waals surface area contributed by atoms with Gasteiger partial charge in [-0.3, -0.25) is 9.59 Å². The normalized spacial score (nSPS) is 10.4. The predicted molar refractivity (Wildman–Crippen MR) is 105 cm³/mol. The summed E-state index contributed by atoms with van der Waals surface area (Å²) < 4.78 is 15.0. The van der Waals surface area contributed by atoms with E-state index in [2.05, 4.69) is 10.1 Å². The lowest BCUT2D eigenvalue weighted by Gasteiger charge is -2.20. The summed E-state index contributed by atoms with van der Waals surface area (Å²) in [4.78, 5) is 23.6. The molecule has 6 nitrogen and oxygen atoms in total. The third kappa shape index (κ3) is 6.21. The molecule has 7 heteroatoms. The van der Waals surface area contributed by atoms with Crippen LogP contribution in [0.2, 0.25) is 0 Å². The Hall–Kier alpha value is -2.67. The van der Waals surface area contributed by atoms with Gasteiger partial charge in [0.1, 0.15) is 11.5 Å². The Labute approximate surface area is 163 Å². The molecule has 0 radical (unpaired) electrons. The van der Waals surface area contributed by atoms with Gasteiger partial charge < -0.3 is 19.5 Å². The number of ether oxygens (including phenoxy) is 3. The zero-order valence-electron chi connectivity index (χ0n) is 15.6. The summed E-state index contributed by atoms with van der Waals surface area (Å²) in [6.07, 6.45) is 0. The maximum atomic E-state index is 12.4. The average molecular weight is 389 g/mol. The molecule has 0 fully saturated rings. The van der Waals surface area contributed by atoms with Crippen molar-refractivity contribution in [3.8, 4) is 11.5 Å². The fourth-order valence-corrected chi connectivity index (χ4v) is 3.10. The molecule has 2 aromatic carbocycles. The third-order valence-corrected chi connectivity index (χ3v) is 4.79. The van der Waals surface area contributed by atoms with Crippen LogP contribution in [-0.4, -0.2) is 44.7 Å². The van der Waals surface area contributed by atoms with Gasteiger partial charge in [0, 0.05) is 0 Å². The average Bonchev–Trinajstić information content (AvgIpc) is 2.72. The van der Waals surface area contributed by atoms with Crippen LogP contribution >= 0.6 is 11.8 Å². The summed E-state index contributed by atoms with van der Waals surface area (Å²) in [5.74, 6) is 1.27. The summed E-state index contributed by atoms with van der Waals surface area (Å²) in [5.41, 5.74) is 1.85. The Kier molecular flexibility index (Phi) is 8.00. The first-order valence-corrected chi connectivity index (χ1v) is 9.44. The minimum Gasteiger partial charge on any atom is -0.497 e. The minimum atomic E-state index is -0.352. The predicted octanol–water partition coefficient (Wildman–Crippen LogP) is 2.82. The van der Waals surface area contributed by atoms with Gasteiger partial charge in [-0.05, 0) is 35.4 Å². The van der Waals surface area contributed by atoms with Crippen molar-refractivity contribution in [1.82, 2.24) is 5.32 Å². The van der Waals surface area contributed by atoms with Crippen molar-refractivity contribution in [3.63, 3.8) is 0 Å². The van der Waals surface area contributed by atoms with Crippen molar-refractivity contribution in [2.24, 2.45) is 0 Å². The monoisotopic (exact) mass is 389 g/mol. The van der Waals surface area contributed by atoms with Crippen LogP contribution in [0.15, 0.2) is 48.5 Å². The lowest BCUT2D eigenvalue weighted by Crippen LogP contribution is -2.31. The van der Waals surface area contributed by atoms with Crippen LogP contribution in [0.4, 0.5) is 0 Å². The number of amides is 1. The number of rotatable bonds is 9. The lowest BCUT2D eigenvalue weighted by atomic mass is 9.98. The second-order valence-electron chi connectivity index (χ2n) is 5.62. The topological polar surface area (TPSA) is 73.9 Å². The minimum absolute atomic E-state index is 0.139. The Morgan fingerprint density at radius 1 is 0.852 bits per heavy atom. The molecule has 2 rings (SSSR count). The van der Waals surface area contributed by atoms with Crippen molar-refractivity contribution in [1.29, 1.82) is 0 Å².